The molecule has 146 valence electrons. The van der Waals surface area contributed by atoms with Crippen LogP contribution in [0.4, 0.5) is 15.2 Å². The number of carbonyl (C=O) groups is 2. The van der Waals surface area contributed by atoms with Crippen molar-refractivity contribution < 1.29 is 14.0 Å². The van der Waals surface area contributed by atoms with E-state index in [1.807, 2.05) is 11.4 Å². The van der Waals surface area contributed by atoms with E-state index in [1.165, 1.54) is 52.2 Å². The second kappa shape index (κ2) is 10.6. The summed E-state index contributed by atoms with van der Waals surface area (Å²) in [6, 6.07) is 9.56. The minimum atomic E-state index is -0.367. The molecule has 2 N–H and O–H groups in total. The van der Waals surface area contributed by atoms with Gasteiger partial charge in [0.2, 0.25) is 16.9 Å². The fraction of sp³-hybridized carbons (Fsp3) is 0.176. The van der Waals surface area contributed by atoms with E-state index >= 15 is 0 Å². The van der Waals surface area contributed by atoms with E-state index in [0.717, 1.165) is 10.1 Å². The van der Waals surface area contributed by atoms with Crippen molar-refractivity contribution in [3.63, 3.8) is 0 Å². The van der Waals surface area contributed by atoms with Crippen LogP contribution in [-0.2, 0) is 15.3 Å². The lowest BCUT2D eigenvalue weighted by atomic mass is 10.3. The molecule has 2 heterocycles. The molecule has 0 saturated carbocycles. The van der Waals surface area contributed by atoms with E-state index in [2.05, 4.69) is 26.9 Å². The maximum atomic E-state index is 12.8. The van der Waals surface area contributed by atoms with Gasteiger partial charge in [0.1, 0.15) is 5.82 Å². The molecule has 11 heteroatoms. The molecule has 0 atom stereocenters. The van der Waals surface area contributed by atoms with E-state index in [9.17, 15) is 14.0 Å². The monoisotopic (exact) mass is 454 g/mol. The quantitative estimate of drug-likeness (QED) is 0.370. The second-order valence-corrected chi connectivity index (χ2v) is 9.56. The Labute approximate surface area is 177 Å². The number of hydrogen-bond donors (Lipinski definition) is 2. The number of carbonyl (C=O) groups excluding carboxylic acids is 2. The average molecular weight is 455 g/mol. The molecule has 0 saturated heterocycles. The number of nitrogens with one attached hydrogen (secondary N) is 2. The van der Waals surface area contributed by atoms with Crippen LogP contribution in [0.2, 0.25) is 0 Å². The predicted octanol–water partition coefficient (Wildman–Crippen LogP) is 4.34. The lowest BCUT2D eigenvalue weighted by Crippen LogP contribution is -2.18. The maximum Gasteiger partial charge on any atom is 0.236 e. The fourth-order valence-electron chi connectivity index (χ4n) is 1.97. The summed E-state index contributed by atoms with van der Waals surface area (Å²) in [6.45, 7) is 0. The number of thiophene rings is 1. The zero-order chi connectivity index (χ0) is 19.8. The summed E-state index contributed by atoms with van der Waals surface area (Å²) in [6.07, 6.45) is 0. The number of amides is 2. The number of thioether (sulfide) groups is 2. The molecule has 2 amide bonds. The zero-order valence-electron chi connectivity index (χ0n) is 14.4. The molecular weight excluding hydrogens is 439 g/mol. The van der Waals surface area contributed by atoms with Gasteiger partial charge in [0.05, 0.1) is 11.5 Å². The van der Waals surface area contributed by atoms with Gasteiger partial charge in [0, 0.05) is 16.3 Å². The van der Waals surface area contributed by atoms with Gasteiger partial charge in [0.15, 0.2) is 4.34 Å². The molecule has 0 aliphatic rings. The van der Waals surface area contributed by atoms with Crippen LogP contribution in [0.5, 0.6) is 0 Å². The highest BCUT2D eigenvalue weighted by molar-refractivity contribution is 8.00. The van der Waals surface area contributed by atoms with Gasteiger partial charge in [-0.15, -0.1) is 33.3 Å². The number of nitrogens with zero attached hydrogens (tertiary/aromatic N) is 2. The van der Waals surface area contributed by atoms with Crippen molar-refractivity contribution in [1.29, 1.82) is 0 Å². The molecular formula is C17H15FN4O2S4. The summed E-state index contributed by atoms with van der Waals surface area (Å²) in [5, 5.41) is 15.8. The number of benzene rings is 1. The van der Waals surface area contributed by atoms with Gasteiger partial charge in [-0.1, -0.05) is 29.2 Å². The Hall–Kier alpha value is -1.95. The molecule has 0 spiro atoms. The van der Waals surface area contributed by atoms with Crippen LogP contribution < -0.4 is 10.6 Å². The molecule has 0 aliphatic carbocycles. The highest BCUT2D eigenvalue weighted by atomic mass is 32.2. The van der Waals surface area contributed by atoms with Crippen LogP contribution in [0.1, 0.15) is 4.88 Å². The molecule has 0 unspecified atom stereocenters. The Kier molecular flexibility index (Phi) is 7.83. The standard InChI is InChI=1S/C17H15FN4O2S4/c18-11-3-5-12(6-4-11)19-14(23)9-25-10-15(24)20-16-21-22-17(28-16)27-8-13-2-1-7-26-13/h1-7H,8-10H2,(H,19,23)(H,20,21,24). The van der Waals surface area contributed by atoms with Crippen molar-refractivity contribution in [3.8, 4) is 0 Å². The topological polar surface area (TPSA) is 84.0 Å². The van der Waals surface area contributed by atoms with Crippen molar-refractivity contribution in [3.05, 3.63) is 52.5 Å². The van der Waals surface area contributed by atoms with E-state index in [1.54, 1.807) is 23.1 Å². The van der Waals surface area contributed by atoms with Gasteiger partial charge in [-0.2, -0.15) is 0 Å². The third-order valence-electron chi connectivity index (χ3n) is 3.17. The van der Waals surface area contributed by atoms with Crippen LogP contribution in [0, 0.1) is 5.82 Å². The minimum Gasteiger partial charge on any atom is -0.325 e. The molecule has 1 aromatic carbocycles. The first-order valence-corrected chi connectivity index (χ1v) is 11.8. The molecule has 3 aromatic rings. The Bertz CT molecular complexity index is 916. The average Bonchev–Trinajstić information content (AvgIpc) is 3.34. The largest absolute Gasteiger partial charge is 0.325 e. The van der Waals surface area contributed by atoms with Gasteiger partial charge in [0.25, 0.3) is 0 Å². The van der Waals surface area contributed by atoms with Crippen molar-refractivity contribution in [2.45, 2.75) is 10.1 Å². The van der Waals surface area contributed by atoms with E-state index in [4.69, 9.17) is 0 Å². The summed E-state index contributed by atoms with van der Waals surface area (Å²) >= 11 is 5.76. The zero-order valence-corrected chi connectivity index (χ0v) is 17.7. The fourth-order valence-corrected chi connectivity index (χ4v) is 5.13. The summed E-state index contributed by atoms with van der Waals surface area (Å²) in [4.78, 5) is 25.1. The minimum absolute atomic E-state index is 0.114. The molecule has 0 aliphatic heterocycles. The van der Waals surface area contributed by atoms with Crippen LogP contribution >= 0.6 is 46.2 Å². The van der Waals surface area contributed by atoms with Gasteiger partial charge in [-0.25, -0.2) is 4.39 Å². The molecule has 6 nitrogen and oxygen atoms in total. The summed E-state index contributed by atoms with van der Waals surface area (Å²) in [5.41, 5.74) is 0.512. The van der Waals surface area contributed by atoms with Crippen molar-refractivity contribution in [1.82, 2.24) is 10.2 Å². The van der Waals surface area contributed by atoms with Crippen LogP contribution in [-0.4, -0.2) is 33.5 Å². The van der Waals surface area contributed by atoms with Gasteiger partial charge >= 0.3 is 0 Å². The summed E-state index contributed by atoms with van der Waals surface area (Å²) in [5.74, 6) is 0.183. The van der Waals surface area contributed by atoms with Gasteiger partial charge < -0.3 is 5.32 Å². The number of halogens is 1. The van der Waals surface area contributed by atoms with Crippen molar-refractivity contribution in [2.24, 2.45) is 0 Å². The lowest BCUT2D eigenvalue weighted by molar-refractivity contribution is -0.114. The number of hydrogen-bond acceptors (Lipinski definition) is 8. The molecule has 2 aromatic heterocycles. The van der Waals surface area contributed by atoms with Crippen LogP contribution in [0.25, 0.3) is 0 Å². The predicted molar refractivity (Wildman–Crippen MR) is 115 cm³/mol. The van der Waals surface area contributed by atoms with Crippen LogP contribution in [0.3, 0.4) is 0 Å². The second-order valence-electron chi connectivity index (χ2n) is 5.34. The third-order valence-corrected chi connectivity index (χ3v) is 7.18. The molecule has 3 rings (SSSR count). The smallest absolute Gasteiger partial charge is 0.236 e. The van der Waals surface area contributed by atoms with Gasteiger partial charge in [-0.3, -0.25) is 14.9 Å². The number of rotatable bonds is 9. The maximum absolute atomic E-state index is 12.8. The van der Waals surface area contributed by atoms with E-state index in [0.29, 0.717) is 10.8 Å². The Morgan fingerprint density at radius 2 is 1.79 bits per heavy atom. The first kappa shape index (κ1) is 20.8. The highest BCUT2D eigenvalue weighted by Gasteiger charge is 2.10. The highest BCUT2D eigenvalue weighted by Crippen LogP contribution is 2.29. The van der Waals surface area contributed by atoms with Crippen molar-refractivity contribution in [2.75, 3.05) is 22.1 Å². The molecule has 0 bridgehead atoms. The summed E-state index contributed by atoms with van der Waals surface area (Å²) < 4.78 is 13.6. The number of anilines is 2. The first-order chi connectivity index (χ1) is 13.6. The van der Waals surface area contributed by atoms with Crippen molar-refractivity contribution >= 4 is 68.8 Å². The Balaban J connectivity index is 1.35. The van der Waals surface area contributed by atoms with Gasteiger partial charge in [-0.05, 0) is 35.7 Å². The van der Waals surface area contributed by atoms with E-state index in [-0.39, 0.29) is 29.1 Å². The third kappa shape index (κ3) is 6.89. The number of aromatic nitrogens is 2. The Morgan fingerprint density at radius 3 is 2.50 bits per heavy atom. The molecule has 28 heavy (non-hydrogen) atoms. The van der Waals surface area contributed by atoms with E-state index < -0.39 is 0 Å². The normalized spacial score (nSPS) is 10.6. The summed E-state index contributed by atoms with van der Waals surface area (Å²) in [7, 11) is 0. The lowest BCUT2D eigenvalue weighted by Gasteiger charge is -2.05. The SMILES string of the molecule is O=C(CSCC(=O)Nc1nnc(SCc2cccs2)s1)Nc1ccc(F)cc1. The molecule has 0 radical (unpaired) electrons. The Morgan fingerprint density at radius 1 is 1.04 bits per heavy atom. The van der Waals surface area contributed by atoms with Crippen LogP contribution in [0.15, 0.2) is 46.1 Å². The first-order valence-electron chi connectivity index (χ1n) is 8.00. The molecule has 0 fully saturated rings.